The van der Waals surface area contributed by atoms with E-state index in [-0.39, 0.29) is 12.4 Å². The molecule has 0 atom stereocenters. The summed E-state index contributed by atoms with van der Waals surface area (Å²) >= 11 is 0. The SMILES string of the molecule is C=CCNCCCCC.Cl. The van der Waals surface area contributed by atoms with Gasteiger partial charge in [-0.2, -0.15) is 0 Å². The maximum absolute atomic E-state index is 3.62. The van der Waals surface area contributed by atoms with Gasteiger partial charge in [0, 0.05) is 6.54 Å². The first kappa shape index (κ1) is 12.6. The van der Waals surface area contributed by atoms with E-state index in [1.54, 1.807) is 0 Å². The van der Waals surface area contributed by atoms with Gasteiger partial charge in [-0.3, -0.25) is 0 Å². The number of halogens is 1. The Morgan fingerprint density at radius 3 is 2.60 bits per heavy atom. The smallest absolute Gasteiger partial charge is 0.0132 e. The van der Waals surface area contributed by atoms with Crippen LogP contribution in [-0.2, 0) is 0 Å². The van der Waals surface area contributed by atoms with Gasteiger partial charge in [0.05, 0.1) is 0 Å². The second kappa shape index (κ2) is 11.7. The molecule has 1 nitrogen and oxygen atoms in total. The highest BCUT2D eigenvalue weighted by atomic mass is 35.5. The van der Waals surface area contributed by atoms with E-state index in [1.165, 1.54) is 19.3 Å². The van der Waals surface area contributed by atoms with Crippen molar-refractivity contribution in [3.05, 3.63) is 12.7 Å². The Labute approximate surface area is 70.3 Å². The molecule has 0 aliphatic rings. The van der Waals surface area contributed by atoms with Crippen LogP contribution in [0, 0.1) is 0 Å². The summed E-state index contributed by atoms with van der Waals surface area (Å²) in [6.07, 6.45) is 5.83. The second-order valence-corrected chi connectivity index (χ2v) is 2.20. The number of nitrogens with one attached hydrogen (secondary N) is 1. The van der Waals surface area contributed by atoms with Crippen molar-refractivity contribution in [3.8, 4) is 0 Å². The van der Waals surface area contributed by atoms with Crippen LogP contribution in [0.5, 0.6) is 0 Å². The van der Waals surface area contributed by atoms with Crippen LogP contribution >= 0.6 is 12.4 Å². The minimum atomic E-state index is 0. The van der Waals surface area contributed by atoms with Gasteiger partial charge in [-0.15, -0.1) is 19.0 Å². The summed E-state index contributed by atoms with van der Waals surface area (Å²) in [4.78, 5) is 0. The predicted octanol–water partition coefficient (Wildman–Crippen LogP) is 2.37. The molecule has 0 unspecified atom stereocenters. The number of hydrogen-bond donors (Lipinski definition) is 1. The Hall–Kier alpha value is -0.0100. The predicted molar refractivity (Wildman–Crippen MR) is 49.8 cm³/mol. The van der Waals surface area contributed by atoms with Crippen molar-refractivity contribution in [2.75, 3.05) is 13.1 Å². The summed E-state index contributed by atoms with van der Waals surface area (Å²) in [7, 11) is 0. The summed E-state index contributed by atoms with van der Waals surface area (Å²) in [5.74, 6) is 0. The van der Waals surface area contributed by atoms with E-state index in [2.05, 4.69) is 18.8 Å². The summed E-state index contributed by atoms with van der Waals surface area (Å²) in [5, 5.41) is 3.25. The first-order valence-corrected chi connectivity index (χ1v) is 3.73. The number of hydrogen-bond acceptors (Lipinski definition) is 1. The largest absolute Gasteiger partial charge is 0.313 e. The molecule has 0 aliphatic carbocycles. The number of rotatable bonds is 6. The van der Waals surface area contributed by atoms with Crippen LogP contribution in [0.3, 0.4) is 0 Å². The Morgan fingerprint density at radius 2 is 2.10 bits per heavy atom. The maximum Gasteiger partial charge on any atom is 0.0132 e. The highest BCUT2D eigenvalue weighted by molar-refractivity contribution is 5.85. The first-order chi connectivity index (χ1) is 4.41. The van der Waals surface area contributed by atoms with Crippen LogP contribution in [0.4, 0.5) is 0 Å². The second-order valence-electron chi connectivity index (χ2n) is 2.20. The van der Waals surface area contributed by atoms with E-state index in [0.717, 1.165) is 13.1 Å². The topological polar surface area (TPSA) is 12.0 Å². The molecular formula is C8H18ClN. The molecule has 0 bridgehead atoms. The molecule has 0 heterocycles. The molecule has 10 heavy (non-hydrogen) atoms. The Kier molecular flexibility index (Phi) is 14.9. The Bertz CT molecular complexity index is 64.3. The van der Waals surface area contributed by atoms with Crippen molar-refractivity contribution in [1.29, 1.82) is 0 Å². The molecular weight excluding hydrogens is 146 g/mol. The van der Waals surface area contributed by atoms with Gasteiger partial charge in [0.15, 0.2) is 0 Å². The summed E-state index contributed by atoms with van der Waals surface area (Å²) < 4.78 is 0. The Balaban J connectivity index is 0. The zero-order valence-electron chi connectivity index (χ0n) is 6.73. The van der Waals surface area contributed by atoms with E-state index in [9.17, 15) is 0 Å². The average Bonchev–Trinajstić information content (AvgIpc) is 1.89. The van der Waals surface area contributed by atoms with Crippen molar-refractivity contribution in [3.63, 3.8) is 0 Å². The third-order valence-corrected chi connectivity index (χ3v) is 1.25. The Morgan fingerprint density at radius 1 is 1.40 bits per heavy atom. The van der Waals surface area contributed by atoms with E-state index < -0.39 is 0 Å². The van der Waals surface area contributed by atoms with Gasteiger partial charge in [0.1, 0.15) is 0 Å². The minimum Gasteiger partial charge on any atom is -0.313 e. The van der Waals surface area contributed by atoms with E-state index in [1.807, 2.05) is 6.08 Å². The molecule has 0 spiro atoms. The van der Waals surface area contributed by atoms with Gasteiger partial charge in [-0.1, -0.05) is 25.8 Å². The van der Waals surface area contributed by atoms with Crippen molar-refractivity contribution >= 4 is 12.4 Å². The molecule has 0 rings (SSSR count). The van der Waals surface area contributed by atoms with Crippen LogP contribution in [0.25, 0.3) is 0 Å². The lowest BCUT2D eigenvalue weighted by molar-refractivity contribution is 0.647. The maximum atomic E-state index is 3.62. The normalized spacial score (nSPS) is 8.50. The van der Waals surface area contributed by atoms with Crippen LogP contribution in [0.15, 0.2) is 12.7 Å². The lowest BCUT2D eigenvalue weighted by Crippen LogP contribution is -2.14. The van der Waals surface area contributed by atoms with Gasteiger partial charge in [-0.05, 0) is 13.0 Å². The zero-order chi connectivity index (χ0) is 6.95. The van der Waals surface area contributed by atoms with Crippen molar-refractivity contribution in [1.82, 2.24) is 5.32 Å². The van der Waals surface area contributed by atoms with Crippen LogP contribution in [0.1, 0.15) is 26.2 Å². The number of unbranched alkanes of at least 4 members (excludes halogenated alkanes) is 2. The van der Waals surface area contributed by atoms with Gasteiger partial charge in [0.2, 0.25) is 0 Å². The van der Waals surface area contributed by atoms with Gasteiger partial charge >= 0.3 is 0 Å². The third kappa shape index (κ3) is 10.9. The van der Waals surface area contributed by atoms with Gasteiger partial charge in [0.25, 0.3) is 0 Å². The molecule has 1 N–H and O–H groups in total. The molecule has 0 aromatic rings. The van der Waals surface area contributed by atoms with E-state index in [4.69, 9.17) is 0 Å². The fraction of sp³-hybridized carbons (Fsp3) is 0.750. The molecule has 0 saturated carbocycles. The van der Waals surface area contributed by atoms with Crippen LogP contribution in [0.2, 0.25) is 0 Å². The summed E-state index contributed by atoms with van der Waals surface area (Å²) in [6.45, 7) is 7.92. The highest BCUT2D eigenvalue weighted by Gasteiger charge is 1.82. The first-order valence-electron chi connectivity index (χ1n) is 3.73. The van der Waals surface area contributed by atoms with Gasteiger partial charge < -0.3 is 5.32 Å². The molecule has 0 radical (unpaired) electrons. The lowest BCUT2D eigenvalue weighted by atomic mass is 10.2. The molecule has 62 valence electrons. The van der Waals surface area contributed by atoms with E-state index in [0.29, 0.717) is 0 Å². The van der Waals surface area contributed by atoms with Crippen molar-refractivity contribution in [2.24, 2.45) is 0 Å². The monoisotopic (exact) mass is 163 g/mol. The third-order valence-electron chi connectivity index (χ3n) is 1.25. The average molecular weight is 164 g/mol. The molecule has 0 fully saturated rings. The van der Waals surface area contributed by atoms with Crippen LogP contribution in [-0.4, -0.2) is 13.1 Å². The van der Waals surface area contributed by atoms with Crippen molar-refractivity contribution in [2.45, 2.75) is 26.2 Å². The summed E-state index contributed by atoms with van der Waals surface area (Å²) in [6, 6.07) is 0. The minimum absolute atomic E-state index is 0. The zero-order valence-corrected chi connectivity index (χ0v) is 7.54. The highest BCUT2D eigenvalue weighted by Crippen LogP contribution is 1.90. The van der Waals surface area contributed by atoms with Crippen LogP contribution < -0.4 is 5.32 Å². The molecule has 0 aromatic heterocycles. The summed E-state index contributed by atoms with van der Waals surface area (Å²) in [5.41, 5.74) is 0. The van der Waals surface area contributed by atoms with Gasteiger partial charge in [-0.25, -0.2) is 0 Å². The van der Waals surface area contributed by atoms with E-state index >= 15 is 0 Å². The quantitative estimate of drug-likeness (QED) is 0.469. The fourth-order valence-corrected chi connectivity index (χ4v) is 0.704. The molecule has 2 heteroatoms. The van der Waals surface area contributed by atoms with Crippen molar-refractivity contribution < 1.29 is 0 Å². The molecule has 0 aromatic carbocycles. The molecule has 0 amide bonds. The molecule has 0 saturated heterocycles. The standard InChI is InChI=1S/C8H17N.ClH/c1-3-5-6-8-9-7-4-2;/h4,9H,2-3,5-8H2,1H3;1H. The lowest BCUT2D eigenvalue weighted by Gasteiger charge is -1.98. The molecule has 0 aliphatic heterocycles. The fourth-order valence-electron chi connectivity index (χ4n) is 0.704.